The van der Waals surface area contributed by atoms with Gasteiger partial charge in [0.2, 0.25) is 0 Å². The molecule has 2 aromatic heterocycles. The molecule has 16 heavy (non-hydrogen) atoms. The summed E-state index contributed by atoms with van der Waals surface area (Å²) in [6, 6.07) is 1.60. The second-order valence-electron chi connectivity index (χ2n) is 3.34. The summed E-state index contributed by atoms with van der Waals surface area (Å²) in [5, 5.41) is 7.96. The number of hydrogen-bond acceptors (Lipinski definition) is 4. The molecule has 0 aliphatic heterocycles. The number of carbonyl (C=O) groups excluding carboxylic acids is 1. The van der Waals surface area contributed by atoms with Crippen LogP contribution in [0.1, 0.15) is 16.1 Å². The van der Waals surface area contributed by atoms with Crippen LogP contribution in [0, 0.1) is 0 Å². The van der Waals surface area contributed by atoms with Gasteiger partial charge in [-0.2, -0.15) is 0 Å². The van der Waals surface area contributed by atoms with Gasteiger partial charge in [0.25, 0.3) is 0 Å². The Kier molecular flexibility index (Phi) is 2.96. The molecule has 0 spiro atoms. The van der Waals surface area contributed by atoms with Crippen molar-refractivity contribution in [3.8, 4) is 0 Å². The van der Waals surface area contributed by atoms with E-state index < -0.39 is 0 Å². The van der Waals surface area contributed by atoms with Gasteiger partial charge < -0.3 is 0 Å². The van der Waals surface area contributed by atoms with Gasteiger partial charge in [0.1, 0.15) is 0 Å². The summed E-state index contributed by atoms with van der Waals surface area (Å²) < 4.78 is 1.55. The number of ketones is 1. The molecule has 0 fully saturated rings. The Balaban J connectivity index is 2.18. The van der Waals surface area contributed by atoms with E-state index in [-0.39, 0.29) is 12.2 Å². The summed E-state index contributed by atoms with van der Waals surface area (Å²) in [5.41, 5.74) is 1.09. The maximum absolute atomic E-state index is 11.9. The van der Waals surface area contributed by atoms with Gasteiger partial charge in [0, 0.05) is 31.2 Å². The molecule has 0 bridgehead atoms. The van der Waals surface area contributed by atoms with Crippen LogP contribution in [-0.4, -0.2) is 25.8 Å². The molecule has 0 unspecified atom stereocenters. The summed E-state index contributed by atoms with van der Waals surface area (Å²) in [6.45, 7) is 0. The lowest BCUT2D eigenvalue weighted by atomic mass is 10.1. The number of aromatic nitrogens is 4. The van der Waals surface area contributed by atoms with Crippen LogP contribution in [0.3, 0.4) is 0 Å². The maximum atomic E-state index is 11.9. The minimum atomic E-state index is -0.0899. The minimum Gasteiger partial charge on any atom is -0.294 e. The van der Waals surface area contributed by atoms with Crippen LogP contribution >= 0.6 is 11.6 Å². The molecule has 2 rings (SSSR count). The van der Waals surface area contributed by atoms with Crippen molar-refractivity contribution in [1.29, 1.82) is 0 Å². The van der Waals surface area contributed by atoms with Crippen LogP contribution in [0.15, 0.2) is 24.7 Å². The van der Waals surface area contributed by atoms with Crippen LogP contribution in [0.4, 0.5) is 0 Å². The van der Waals surface area contributed by atoms with Crippen LogP contribution in [0.2, 0.25) is 5.02 Å². The number of carbonyl (C=O) groups is 1. The largest absolute Gasteiger partial charge is 0.294 e. The average molecular weight is 237 g/mol. The predicted molar refractivity (Wildman–Crippen MR) is 58.3 cm³/mol. The van der Waals surface area contributed by atoms with E-state index in [2.05, 4.69) is 15.3 Å². The fraction of sp³-hybridized carbons (Fsp3) is 0.200. The van der Waals surface area contributed by atoms with Gasteiger partial charge in [-0.25, -0.2) is 0 Å². The van der Waals surface area contributed by atoms with Gasteiger partial charge in [-0.15, -0.1) is 5.10 Å². The molecule has 0 amide bonds. The highest BCUT2D eigenvalue weighted by atomic mass is 35.5. The van der Waals surface area contributed by atoms with Gasteiger partial charge in [0.05, 0.1) is 17.1 Å². The van der Waals surface area contributed by atoms with Crippen molar-refractivity contribution >= 4 is 17.4 Å². The Morgan fingerprint density at radius 1 is 1.56 bits per heavy atom. The lowest BCUT2D eigenvalue weighted by Crippen LogP contribution is -2.04. The molecule has 2 aromatic rings. The van der Waals surface area contributed by atoms with Gasteiger partial charge in [-0.05, 0) is 6.07 Å². The van der Waals surface area contributed by atoms with E-state index in [1.54, 1.807) is 24.0 Å². The van der Waals surface area contributed by atoms with Gasteiger partial charge in [-0.3, -0.25) is 14.5 Å². The van der Waals surface area contributed by atoms with E-state index in [1.165, 1.54) is 12.4 Å². The molecule has 0 aliphatic rings. The Morgan fingerprint density at radius 3 is 3.00 bits per heavy atom. The van der Waals surface area contributed by atoms with E-state index in [4.69, 9.17) is 11.6 Å². The fourth-order valence-corrected chi connectivity index (χ4v) is 1.56. The van der Waals surface area contributed by atoms with Crippen molar-refractivity contribution in [2.24, 2.45) is 7.05 Å². The molecule has 0 saturated carbocycles. The average Bonchev–Trinajstić information content (AvgIpc) is 2.64. The number of pyridine rings is 1. The van der Waals surface area contributed by atoms with Crippen molar-refractivity contribution in [3.63, 3.8) is 0 Å². The van der Waals surface area contributed by atoms with Gasteiger partial charge >= 0.3 is 0 Å². The number of Topliss-reactive ketones (excluding diaryl/α,β-unsaturated/α-hetero) is 1. The number of aryl methyl sites for hydroxylation is 1. The topological polar surface area (TPSA) is 60.7 Å². The Hall–Kier alpha value is -1.75. The number of rotatable bonds is 3. The number of nitrogens with zero attached hydrogens (tertiary/aromatic N) is 4. The molecule has 6 heteroatoms. The predicted octanol–water partition coefficient (Wildman–Crippen LogP) is 1.29. The van der Waals surface area contributed by atoms with Crippen LogP contribution < -0.4 is 0 Å². The number of hydrogen-bond donors (Lipinski definition) is 0. The molecule has 0 N–H and O–H groups in total. The zero-order valence-corrected chi connectivity index (χ0v) is 9.35. The van der Waals surface area contributed by atoms with Crippen LogP contribution in [0.5, 0.6) is 0 Å². The molecule has 82 valence electrons. The summed E-state index contributed by atoms with van der Waals surface area (Å²) >= 11 is 5.87. The Morgan fingerprint density at radius 2 is 2.38 bits per heavy atom. The normalized spacial score (nSPS) is 10.4. The molecular weight excluding hydrogens is 228 g/mol. The molecule has 0 radical (unpaired) electrons. The van der Waals surface area contributed by atoms with Crippen molar-refractivity contribution in [1.82, 2.24) is 20.0 Å². The fourth-order valence-electron chi connectivity index (χ4n) is 1.34. The summed E-state index contributed by atoms with van der Waals surface area (Å²) in [6.07, 6.45) is 4.88. The summed E-state index contributed by atoms with van der Waals surface area (Å²) in [4.78, 5) is 15.7. The smallest absolute Gasteiger partial charge is 0.170 e. The lowest BCUT2D eigenvalue weighted by Gasteiger charge is -1.99. The third-order valence-electron chi connectivity index (χ3n) is 2.06. The van der Waals surface area contributed by atoms with Crippen LogP contribution in [0.25, 0.3) is 0 Å². The first-order valence-corrected chi connectivity index (χ1v) is 5.02. The monoisotopic (exact) mass is 236 g/mol. The molecule has 0 atom stereocenters. The van der Waals surface area contributed by atoms with Gasteiger partial charge in [0.15, 0.2) is 5.78 Å². The Labute approximate surface area is 97.1 Å². The van der Waals surface area contributed by atoms with Gasteiger partial charge in [-0.1, -0.05) is 16.8 Å². The SMILES string of the molecule is Cn1cc(CC(=O)c2ccncc2Cl)nn1. The first-order chi connectivity index (χ1) is 7.66. The standard InChI is InChI=1S/C10H9ClN4O/c1-15-6-7(13-14-15)4-10(16)8-2-3-12-5-9(8)11/h2-3,5-6H,4H2,1H3. The summed E-state index contributed by atoms with van der Waals surface area (Å²) in [7, 11) is 1.75. The van der Waals surface area contributed by atoms with Crippen molar-refractivity contribution in [2.75, 3.05) is 0 Å². The van der Waals surface area contributed by atoms with Crippen molar-refractivity contribution in [2.45, 2.75) is 6.42 Å². The lowest BCUT2D eigenvalue weighted by molar-refractivity contribution is 0.0992. The quantitative estimate of drug-likeness (QED) is 0.754. The summed E-state index contributed by atoms with van der Waals surface area (Å²) in [5.74, 6) is -0.0899. The van der Waals surface area contributed by atoms with E-state index in [0.717, 1.165) is 0 Å². The highest BCUT2D eigenvalue weighted by molar-refractivity contribution is 6.33. The van der Waals surface area contributed by atoms with E-state index in [0.29, 0.717) is 16.3 Å². The first kappa shape index (κ1) is 10.8. The highest BCUT2D eigenvalue weighted by Gasteiger charge is 2.12. The van der Waals surface area contributed by atoms with E-state index in [1.807, 2.05) is 0 Å². The first-order valence-electron chi connectivity index (χ1n) is 4.64. The maximum Gasteiger partial charge on any atom is 0.170 e. The van der Waals surface area contributed by atoms with Crippen LogP contribution in [-0.2, 0) is 13.5 Å². The Bertz CT molecular complexity index is 523. The minimum absolute atomic E-state index is 0.0899. The van der Waals surface area contributed by atoms with Crippen molar-refractivity contribution in [3.05, 3.63) is 40.9 Å². The van der Waals surface area contributed by atoms with E-state index in [9.17, 15) is 4.79 Å². The molecule has 5 nitrogen and oxygen atoms in total. The van der Waals surface area contributed by atoms with E-state index >= 15 is 0 Å². The molecular formula is C10H9ClN4O. The molecule has 2 heterocycles. The second kappa shape index (κ2) is 4.40. The molecule has 0 aromatic carbocycles. The molecule has 0 saturated heterocycles. The third kappa shape index (κ3) is 2.25. The zero-order chi connectivity index (χ0) is 11.5. The van der Waals surface area contributed by atoms with Crippen molar-refractivity contribution < 1.29 is 4.79 Å². The zero-order valence-electron chi connectivity index (χ0n) is 8.59. The third-order valence-corrected chi connectivity index (χ3v) is 2.37. The molecule has 0 aliphatic carbocycles. The highest BCUT2D eigenvalue weighted by Crippen LogP contribution is 2.15. The second-order valence-corrected chi connectivity index (χ2v) is 3.75. The number of halogens is 1.